The van der Waals surface area contributed by atoms with Crippen molar-refractivity contribution in [2.45, 2.75) is 38.9 Å². The van der Waals surface area contributed by atoms with Gasteiger partial charge in [-0.2, -0.15) is 0 Å². The van der Waals surface area contributed by atoms with Crippen molar-refractivity contribution < 1.29 is 19.2 Å². The van der Waals surface area contributed by atoms with Gasteiger partial charge in [0.2, 0.25) is 11.8 Å². The van der Waals surface area contributed by atoms with Crippen molar-refractivity contribution >= 4 is 56.7 Å². The summed E-state index contributed by atoms with van der Waals surface area (Å²) in [6, 6.07) is 10.4. The Bertz CT molecular complexity index is 1350. The van der Waals surface area contributed by atoms with E-state index in [4.69, 9.17) is 11.6 Å². The first-order valence-electron chi connectivity index (χ1n) is 10.6. The molecule has 168 valence electrons. The minimum Gasteiger partial charge on any atom is -0.347 e. The van der Waals surface area contributed by atoms with Gasteiger partial charge in [0.25, 0.3) is 11.8 Å². The van der Waals surface area contributed by atoms with E-state index in [0.717, 1.165) is 26.8 Å². The molecule has 0 saturated carbocycles. The number of nitrogens with one attached hydrogen (secondary N) is 2. The number of imide groups is 1. The standard InChI is InChI=1S/C24H20ClN3O4S/c1-12-15-3-2-4-17(25)21(15)33-20(12)23(31)26-10-13-5-6-16-14(9-13)11-28(24(16)32)18-7-8-19(29)27-22(18)30/h2-6,9,18H,7-8,10-11H2,1H3,(H,26,31)(H,27,29,30). The van der Waals surface area contributed by atoms with E-state index in [9.17, 15) is 19.2 Å². The smallest absolute Gasteiger partial charge is 0.261 e. The molecule has 2 N–H and O–H groups in total. The Balaban J connectivity index is 1.30. The van der Waals surface area contributed by atoms with Crippen LogP contribution in [0.4, 0.5) is 0 Å². The van der Waals surface area contributed by atoms with E-state index in [1.54, 1.807) is 12.1 Å². The molecule has 1 fully saturated rings. The summed E-state index contributed by atoms with van der Waals surface area (Å²) in [5.74, 6) is -1.13. The van der Waals surface area contributed by atoms with Gasteiger partial charge < -0.3 is 10.2 Å². The normalized spacial score (nSPS) is 17.9. The number of carbonyl (C=O) groups excluding carboxylic acids is 4. The molecule has 9 heteroatoms. The highest BCUT2D eigenvalue weighted by atomic mass is 35.5. The summed E-state index contributed by atoms with van der Waals surface area (Å²) in [7, 11) is 0. The fraction of sp³-hybridized carbons (Fsp3) is 0.250. The maximum Gasteiger partial charge on any atom is 0.261 e. The largest absolute Gasteiger partial charge is 0.347 e. The van der Waals surface area contributed by atoms with E-state index in [0.29, 0.717) is 35.0 Å². The third-order valence-electron chi connectivity index (χ3n) is 6.16. The van der Waals surface area contributed by atoms with Crippen LogP contribution in [0.25, 0.3) is 10.1 Å². The summed E-state index contributed by atoms with van der Waals surface area (Å²) >= 11 is 7.65. The van der Waals surface area contributed by atoms with Gasteiger partial charge in [-0.1, -0.05) is 35.9 Å². The molecule has 3 heterocycles. The van der Waals surface area contributed by atoms with Crippen LogP contribution in [0, 0.1) is 6.92 Å². The quantitative estimate of drug-likeness (QED) is 0.557. The number of hydrogen-bond acceptors (Lipinski definition) is 5. The number of aryl methyl sites for hydroxylation is 1. The van der Waals surface area contributed by atoms with Gasteiger partial charge in [0.05, 0.1) is 14.6 Å². The number of benzene rings is 2. The van der Waals surface area contributed by atoms with Gasteiger partial charge in [-0.15, -0.1) is 11.3 Å². The Morgan fingerprint density at radius 3 is 2.82 bits per heavy atom. The number of carbonyl (C=O) groups is 4. The second kappa shape index (κ2) is 8.28. The number of halogens is 1. The minimum atomic E-state index is -0.645. The maximum absolute atomic E-state index is 12.8. The summed E-state index contributed by atoms with van der Waals surface area (Å²) in [4.78, 5) is 51.4. The number of hydrogen-bond donors (Lipinski definition) is 2. The maximum atomic E-state index is 12.8. The molecular formula is C24H20ClN3O4S. The monoisotopic (exact) mass is 481 g/mol. The molecule has 2 aromatic carbocycles. The lowest BCUT2D eigenvalue weighted by atomic mass is 10.0. The zero-order chi connectivity index (χ0) is 23.3. The van der Waals surface area contributed by atoms with Crippen LogP contribution >= 0.6 is 22.9 Å². The van der Waals surface area contributed by atoms with Gasteiger partial charge in [0.1, 0.15) is 6.04 Å². The number of rotatable bonds is 4. The SMILES string of the molecule is Cc1c(C(=O)NCc2ccc3c(c2)CN(C2CCC(=O)NC2=O)C3=O)sc2c(Cl)cccc12. The highest BCUT2D eigenvalue weighted by Crippen LogP contribution is 2.35. The van der Waals surface area contributed by atoms with Crippen LogP contribution in [0.1, 0.15) is 49.6 Å². The van der Waals surface area contributed by atoms with E-state index >= 15 is 0 Å². The van der Waals surface area contributed by atoms with Gasteiger partial charge >= 0.3 is 0 Å². The summed E-state index contributed by atoms with van der Waals surface area (Å²) in [5.41, 5.74) is 3.11. The first-order valence-corrected chi connectivity index (χ1v) is 11.7. The molecule has 0 spiro atoms. The molecule has 33 heavy (non-hydrogen) atoms. The van der Waals surface area contributed by atoms with Crippen LogP contribution in [-0.4, -0.2) is 34.6 Å². The van der Waals surface area contributed by atoms with Crippen LogP contribution in [0.3, 0.4) is 0 Å². The number of piperidine rings is 1. The van der Waals surface area contributed by atoms with E-state index in [1.807, 2.05) is 31.2 Å². The van der Waals surface area contributed by atoms with Crippen molar-refractivity contribution in [2.24, 2.45) is 0 Å². The van der Waals surface area contributed by atoms with Crippen molar-refractivity contribution in [1.82, 2.24) is 15.5 Å². The second-order valence-electron chi connectivity index (χ2n) is 8.25. The van der Waals surface area contributed by atoms with Gasteiger partial charge in [-0.25, -0.2) is 0 Å². The average molecular weight is 482 g/mol. The van der Waals surface area contributed by atoms with Crippen molar-refractivity contribution in [3.05, 3.63) is 68.6 Å². The molecule has 4 amide bonds. The first kappa shape index (κ1) is 21.6. The first-order chi connectivity index (χ1) is 15.8. The zero-order valence-corrected chi connectivity index (χ0v) is 19.3. The molecule has 1 saturated heterocycles. The highest BCUT2D eigenvalue weighted by molar-refractivity contribution is 7.21. The van der Waals surface area contributed by atoms with Gasteiger partial charge in [0.15, 0.2) is 0 Å². The molecule has 0 bridgehead atoms. The van der Waals surface area contributed by atoms with Crippen LogP contribution in [0.2, 0.25) is 5.02 Å². The molecule has 1 unspecified atom stereocenters. The Kier molecular flexibility index (Phi) is 5.42. The van der Waals surface area contributed by atoms with Crippen molar-refractivity contribution in [1.29, 1.82) is 0 Å². The lowest BCUT2D eigenvalue weighted by Crippen LogP contribution is -2.52. The number of amides is 4. The minimum absolute atomic E-state index is 0.175. The van der Waals surface area contributed by atoms with Crippen molar-refractivity contribution in [2.75, 3.05) is 0 Å². The zero-order valence-electron chi connectivity index (χ0n) is 17.7. The third kappa shape index (κ3) is 3.79. The fourth-order valence-corrected chi connectivity index (χ4v) is 5.84. The third-order valence-corrected chi connectivity index (χ3v) is 7.93. The Morgan fingerprint density at radius 2 is 2.06 bits per heavy atom. The van der Waals surface area contributed by atoms with Crippen molar-refractivity contribution in [3.8, 4) is 0 Å². The molecule has 3 aromatic rings. The summed E-state index contributed by atoms with van der Waals surface area (Å²) in [6.45, 7) is 2.52. The van der Waals surface area contributed by atoms with Gasteiger partial charge in [0, 0.05) is 25.1 Å². The Morgan fingerprint density at radius 1 is 1.24 bits per heavy atom. The van der Waals surface area contributed by atoms with Crippen molar-refractivity contribution in [3.63, 3.8) is 0 Å². The molecule has 5 rings (SSSR count). The molecule has 1 atom stereocenters. The summed E-state index contributed by atoms with van der Waals surface area (Å²) < 4.78 is 0.895. The predicted molar refractivity (Wildman–Crippen MR) is 125 cm³/mol. The predicted octanol–water partition coefficient (Wildman–Crippen LogP) is 3.55. The molecule has 0 aliphatic carbocycles. The lowest BCUT2D eigenvalue weighted by Gasteiger charge is -2.29. The fourth-order valence-electron chi connectivity index (χ4n) is 4.43. The van der Waals surface area contributed by atoms with E-state index in [-0.39, 0.29) is 24.1 Å². The highest BCUT2D eigenvalue weighted by Gasteiger charge is 2.39. The summed E-state index contributed by atoms with van der Waals surface area (Å²) in [5, 5.41) is 6.86. The van der Waals surface area contributed by atoms with E-state index < -0.39 is 11.9 Å². The molecule has 1 aromatic heterocycles. The van der Waals surface area contributed by atoms with Crippen LogP contribution in [0.5, 0.6) is 0 Å². The Labute approximate surface area is 198 Å². The van der Waals surface area contributed by atoms with Crippen LogP contribution in [0.15, 0.2) is 36.4 Å². The second-order valence-corrected chi connectivity index (χ2v) is 9.67. The number of nitrogens with zero attached hydrogens (tertiary/aromatic N) is 1. The molecule has 2 aliphatic heterocycles. The van der Waals surface area contributed by atoms with Gasteiger partial charge in [-0.3, -0.25) is 24.5 Å². The van der Waals surface area contributed by atoms with E-state index in [1.165, 1.54) is 16.2 Å². The lowest BCUT2D eigenvalue weighted by molar-refractivity contribution is -0.136. The topological polar surface area (TPSA) is 95.6 Å². The molecule has 2 aliphatic rings. The van der Waals surface area contributed by atoms with Gasteiger partial charge in [-0.05, 0) is 47.6 Å². The number of fused-ring (bicyclic) bond motifs is 2. The van der Waals surface area contributed by atoms with Crippen LogP contribution in [-0.2, 0) is 22.7 Å². The van der Waals surface area contributed by atoms with Crippen LogP contribution < -0.4 is 10.6 Å². The average Bonchev–Trinajstić information content (AvgIpc) is 3.30. The van der Waals surface area contributed by atoms with E-state index in [2.05, 4.69) is 10.6 Å². The Hall–Kier alpha value is -3.23. The molecule has 0 radical (unpaired) electrons. The number of thiophene rings is 1. The summed E-state index contributed by atoms with van der Waals surface area (Å²) in [6.07, 6.45) is 0.544. The molecular weight excluding hydrogens is 462 g/mol. The molecule has 7 nitrogen and oxygen atoms in total.